The number of hydrogen-bond donors (Lipinski definition) is 3. The van der Waals surface area contributed by atoms with Gasteiger partial charge in [-0.05, 0) is 55.2 Å². The first-order chi connectivity index (χ1) is 19.4. The average Bonchev–Trinajstić information content (AvgIpc) is 3.34. The number of amides is 2. The molecule has 3 N–H and O–H groups in total. The Balaban J connectivity index is 1.75. The molecule has 0 unspecified atom stereocenters. The van der Waals surface area contributed by atoms with E-state index in [-0.39, 0.29) is 37.2 Å². The second-order valence-corrected chi connectivity index (χ2v) is 11.8. The molecule has 2 heterocycles. The number of alkyl halides is 6. The maximum absolute atomic E-state index is 13.7. The van der Waals surface area contributed by atoms with Crippen LogP contribution in [0.1, 0.15) is 30.4 Å². The maximum atomic E-state index is 13.7. The summed E-state index contributed by atoms with van der Waals surface area (Å²) < 4.78 is 123. The maximum Gasteiger partial charge on any atom is 0.430 e. The van der Waals surface area contributed by atoms with Crippen LogP contribution in [0.15, 0.2) is 47.4 Å². The Labute approximate surface area is 234 Å². The van der Waals surface area contributed by atoms with Crippen molar-refractivity contribution in [2.45, 2.75) is 60.6 Å². The van der Waals surface area contributed by atoms with Crippen molar-refractivity contribution in [3.05, 3.63) is 59.4 Å². The molecule has 2 amide bonds. The van der Waals surface area contributed by atoms with Gasteiger partial charge in [0.15, 0.2) is 0 Å². The Morgan fingerprint density at radius 2 is 1.60 bits per heavy atom. The molecular formula is C25H24F7N3O6S. The Kier molecular flexibility index (Phi) is 8.14. The van der Waals surface area contributed by atoms with Gasteiger partial charge in [-0.15, -0.1) is 0 Å². The Morgan fingerprint density at radius 1 is 0.976 bits per heavy atom. The molecule has 0 spiro atoms. The van der Waals surface area contributed by atoms with Crippen LogP contribution in [-0.2, 0) is 26.8 Å². The monoisotopic (exact) mass is 627 g/mol. The zero-order valence-electron chi connectivity index (χ0n) is 21.4. The number of benzene rings is 2. The van der Waals surface area contributed by atoms with Gasteiger partial charge >= 0.3 is 18.4 Å². The van der Waals surface area contributed by atoms with Crippen molar-refractivity contribution >= 4 is 27.7 Å². The fourth-order valence-electron chi connectivity index (χ4n) is 5.19. The lowest BCUT2D eigenvalue weighted by atomic mass is 9.87. The summed E-state index contributed by atoms with van der Waals surface area (Å²) in [5, 5.41) is 21.0. The SMILES string of the molecule is O=C(O)N[C@H]1CCN(C(=O)C[C@@H]2CCc3cc(C(O)(C(F)(F)F)C(F)(F)F)ccc3N2S(=O)(=O)c2ccc(F)cc2)C1. The second-order valence-electron chi connectivity index (χ2n) is 9.98. The van der Waals surface area contributed by atoms with Crippen molar-refractivity contribution in [2.24, 2.45) is 0 Å². The van der Waals surface area contributed by atoms with E-state index in [0.717, 1.165) is 24.3 Å². The number of likely N-dealkylation sites (tertiary alicyclic amines) is 1. The van der Waals surface area contributed by atoms with Crippen LogP contribution in [0.25, 0.3) is 0 Å². The minimum Gasteiger partial charge on any atom is -0.465 e. The molecule has 230 valence electrons. The number of carbonyl (C=O) groups is 2. The molecule has 0 bridgehead atoms. The zero-order valence-corrected chi connectivity index (χ0v) is 22.2. The molecule has 2 aliphatic heterocycles. The fraction of sp³-hybridized carbons (Fsp3) is 0.440. The summed E-state index contributed by atoms with van der Waals surface area (Å²) in [5.41, 5.74) is -7.38. The predicted octanol–water partition coefficient (Wildman–Crippen LogP) is 3.91. The second kappa shape index (κ2) is 10.9. The summed E-state index contributed by atoms with van der Waals surface area (Å²) in [5.74, 6) is -1.33. The smallest absolute Gasteiger partial charge is 0.430 e. The van der Waals surface area contributed by atoms with Crippen molar-refractivity contribution in [2.75, 3.05) is 17.4 Å². The molecule has 1 fully saturated rings. The number of hydrogen-bond acceptors (Lipinski definition) is 5. The van der Waals surface area contributed by atoms with Crippen molar-refractivity contribution in [3.8, 4) is 0 Å². The summed E-state index contributed by atoms with van der Waals surface area (Å²) in [6, 6.07) is 3.26. The Hall–Kier alpha value is -3.60. The molecule has 1 saturated heterocycles. The van der Waals surface area contributed by atoms with Gasteiger partial charge in [0.1, 0.15) is 5.82 Å². The highest BCUT2D eigenvalue weighted by Crippen LogP contribution is 2.51. The zero-order chi connectivity index (χ0) is 31.3. The van der Waals surface area contributed by atoms with Crippen molar-refractivity contribution < 1.29 is 59.0 Å². The highest BCUT2D eigenvalue weighted by atomic mass is 32.2. The number of sulfonamides is 1. The van der Waals surface area contributed by atoms with Gasteiger partial charge in [0, 0.05) is 25.1 Å². The van der Waals surface area contributed by atoms with Crippen LogP contribution in [0.3, 0.4) is 0 Å². The highest BCUT2D eigenvalue weighted by Gasteiger charge is 2.71. The van der Waals surface area contributed by atoms with E-state index in [1.807, 2.05) is 0 Å². The van der Waals surface area contributed by atoms with E-state index in [2.05, 4.69) is 5.32 Å². The molecule has 0 saturated carbocycles. The van der Waals surface area contributed by atoms with E-state index in [0.29, 0.717) is 28.9 Å². The van der Waals surface area contributed by atoms with Gasteiger partial charge in [0.25, 0.3) is 15.6 Å². The number of rotatable bonds is 6. The van der Waals surface area contributed by atoms with Crippen molar-refractivity contribution in [1.82, 2.24) is 10.2 Å². The first-order valence-electron chi connectivity index (χ1n) is 12.4. The third-order valence-corrected chi connectivity index (χ3v) is 9.16. The van der Waals surface area contributed by atoms with E-state index in [9.17, 15) is 53.8 Å². The van der Waals surface area contributed by atoms with Crippen LogP contribution in [0, 0.1) is 5.82 Å². The number of nitrogens with one attached hydrogen (secondary N) is 1. The van der Waals surface area contributed by atoms with E-state index < -0.39 is 74.8 Å². The van der Waals surface area contributed by atoms with Crippen LogP contribution in [0.4, 0.5) is 41.2 Å². The van der Waals surface area contributed by atoms with Gasteiger partial charge in [-0.2, -0.15) is 26.3 Å². The summed E-state index contributed by atoms with van der Waals surface area (Å²) in [7, 11) is -4.64. The number of halogens is 7. The van der Waals surface area contributed by atoms with Crippen LogP contribution in [0.5, 0.6) is 0 Å². The standard InChI is InChI=1S/C25H24F7N3O6S/c26-16-3-6-19(7-4-16)42(40,41)35-18(12-21(36)34-10-9-17(13-34)33-22(37)38)5-1-14-11-15(2-8-20(14)35)23(39,24(27,28)29)25(30,31)32/h2-4,6-8,11,17-18,33,39H,1,5,9-10,12-13H2,(H,37,38)/t17-,18-/m0/s1. The largest absolute Gasteiger partial charge is 0.465 e. The fourth-order valence-corrected chi connectivity index (χ4v) is 6.91. The topological polar surface area (TPSA) is 127 Å². The highest BCUT2D eigenvalue weighted by molar-refractivity contribution is 7.92. The van der Waals surface area contributed by atoms with Gasteiger partial charge < -0.3 is 20.4 Å². The lowest BCUT2D eigenvalue weighted by molar-refractivity contribution is -0.376. The third kappa shape index (κ3) is 5.71. The Bertz CT molecular complexity index is 1450. The molecule has 0 radical (unpaired) electrons. The first-order valence-corrected chi connectivity index (χ1v) is 13.9. The number of fused-ring (bicyclic) bond motifs is 1. The molecule has 0 aliphatic carbocycles. The van der Waals surface area contributed by atoms with Crippen LogP contribution in [0.2, 0.25) is 0 Å². The van der Waals surface area contributed by atoms with Gasteiger partial charge in [0.2, 0.25) is 5.91 Å². The molecule has 4 rings (SSSR count). The average molecular weight is 628 g/mol. The number of carboxylic acid groups (broad SMARTS) is 1. The minimum absolute atomic E-state index is 0.00990. The minimum atomic E-state index is -6.16. The molecule has 9 nitrogen and oxygen atoms in total. The lowest BCUT2D eigenvalue weighted by Crippen LogP contribution is -2.54. The number of aliphatic hydroxyl groups is 1. The molecule has 2 atom stereocenters. The van der Waals surface area contributed by atoms with Gasteiger partial charge in [-0.1, -0.05) is 12.1 Å². The Morgan fingerprint density at radius 3 is 2.17 bits per heavy atom. The molecular weight excluding hydrogens is 603 g/mol. The van der Waals surface area contributed by atoms with Gasteiger partial charge in [-0.25, -0.2) is 17.6 Å². The van der Waals surface area contributed by atoms with Gasteiger partial charge in [0.05, 0.1) is 22.7 Å². The summed E-state index contributed by atoms with van der Waals surface area (Å²) >= 11 is 0. The van der Waals surface area contributed by atoms with Crippen LogP contribution >= 0.6 is 0 Å². The lowest BCUT2D eigenvalue weighted by Gasteiger charge is -2.39. The van der Waals surface area contributed by atoms with E-state index >= 15 is 0 Å². The van der Waals surface area contributed by atoms with Crippen LogP contribution in [-0.4, -0.2) is 73.1 Å². The molecule has 2 aliphatic rings. The van der Waals surface area contributed by atoms with Crippen molar-refractivity contribution in [1.29, 1.82) is 0 Å². The number of aryl methyl sites for hydroxylation is 1. The van der Waals surface area contributed by atoms with E-state index in [1.54, 1.807) is 0 Å². The molecule has 17 heteroatoms. The molecule has 2 aromatic rings. The molecule has 2 aromatic carbocycles. The van der Waals surface area contributed by atoms with E-state index in [1.165, 1.54) is 4.90 Å². The van der Waals surface area contributed by atoms with Gasteiger partial charge in [-0.3, -0.25) is 9.10 Å². The number of anilines is 1. The molecule has 0 aromatic heterocycles. The third-order valence-electron chi connectivity index (χ3n) is 7.28. The van der Waals surface area contributed by atoms with Crippen molar-refractivity contribution in [3.63, 3.8) is 0 Å². The quantitative estimate of drug-likeness (QED) is 0.417. The summed E-state index contributed by atoms with van der Waals surface area (Å²) in [6.45, 7) is 0.171. The number of nitrogens with zero attached hydrogens (tertiary/aromatic N) is 2. The predicted molar refractivity (Wildman–Crippen MR) is 131 cm³/mol. The summed E-state index contributed by atoms with van der Waals surface area (Å²) in [4.78, 5) is 24.9. The number of carbonyl (C=O) groups excluding carboxylic acids is 1. The summed E-state index contributed by atoms with van der Waals surface area (Å²) in [6.07, 6.45) is -14.2. The van der Waals surface area contributed by atoms with E-state index in [4.69, 9.17) is 5.11 Å². The molecule has 42 heavy (non-hydrogen) atoms. The first kappa shape index (κ1) is 31.3. The normalized spacial score (nSPS) is 19.9. The van der Waals surface area contributed by atoms with Crippen LogP contribution < -0.4 is 9.62 Å².